The Morgan fingerprint density at radius 2 is 1.10 bits per heavy atom. The van der Waals surface area contributed by atoms with Crippen LogP contribution in [0.3, 0.4) is 0 Å². The van der Waals surface area contributed by atoms with Crippen molar-refractivity contribution >= 4 is 43.5 Å². The SMILES string of the molecule is Oc1ccccc1-c1cccc2nc(-c3cccc(-c4ccc5c(c4)c4c6ccccc6ccc4n5-c4ccccc4)c3)nc(-c3ccccc3)c12. The van der Waals surface area contributed by atoms with Crippen LogP contribution in [0, 0.1) is 0 Å². The molecule has 0 bridgehead atoms. The monoisotopic (exact) mass is 665 g/mol. The van der Waals surface area contributed by atoms with Gasteiger partial charge in [-0.05, 0) is 76.0 Å². The minimum Gasteiger partial charge on any atom is -0.507 e. The van der Waals surface area contributed by atoms with Crippen LogP contribution in [0.1, 0.15) is 0 Å². The Hall–Kier alpha value is -7.04. The molecule has 10 aromatic rings. The van der Waals surface area contributed by atoms with E-state index in [0.29, 0.717) is 5.82 Å². The summed E-state index contributed by atoms with van der Waals surface area (Å²) >= 11 is 0. The van der Waals surface area contributed by atoms with Crippen LogP contribution in [0.25, 0.3) is 94.1 Å². The molecule has 8 aromatic carbocycles. The van der Waals surface area contributed by atoms with E-state index in [4.69, 9.17) is 9.97 Å². The predicted molar refractivity (Wildman–Crippen MR) is 215 cm³/mol. The van der Waals surface area contributed by atoms with Crippen molar-refractivity contribution in [2.75, 3.05) is 0 Å². The fourth-order valence-corrected chi connectivity index (χ4v) is 7.71. The van der Waals surface area contributed by atoms with Gasteiger partial charge < -0.3 is 9.67 Å². The zero-order valence-electron chi connectivity index (χ0n) is 28.1. The van der Waals surface area contributed by atoms with Gasteiger partial charge in [-0.15, -0.1) is 0 Å². The van der Waals surface area contributed by atoms with Crippen molar-refractivity contribution in [2.24, 2.45) is 0 Å². The van der Waals surface area contributed by atoms with Crippen molar-refractivity contribution < 1.29 is 5.11 Å². The van der Waals surface area contributed by atoms with E-state index in [0.717, 1.165) is 55.7 Å². The van der Waals surface area contributed by atoms with Gasteiger partial charge in [-0.25, -0.2) is 9.97 Å². The number of benzene rings is 8. The van der Waals surface area contributed by atoms with Crippen molar-refractivity contribution in [3.05, 3.63) is 182 Å². The summed E-state index contributed by atoms with van der Waals surface area (Å²) in [4.78, 5) is 10.4. The highest BCUT2D eigenvalue weighted by molar-refractivity contribution is 6.22. The molecule has 2 heterocycles. The second kappa shape index (κ2) is 12.1. The Bertz CT molecular complexity index is 2970. The zero-order chi connectivity index (χ0) is 34.6. The molecule has 244 valence electrons. The first-order valence-electron chi connectivity index (χ1n) is 17.5. The van der Waals surface area contributed by atoms with Gasteiger partial charge in [-0.3, -0.25) is 0 Å². The first-order chi connectivity index (χ1) is 25.7. The van der Waals surface area contributed by atoms with Crippen LogP contribution in [0.5, 0.6) is 5.75 Å². The first kappa shape index (κ1) is 29.8. The molecular weight excluding hydrogens is 635 g/mol. The summed E-state index contributed by atoms with van der Waals surface area (Å²) in [6.07, 6.45) is 0. The molecule has 52 heavy (non-hydrogen) atoms. The molecular formula is C48H31N3O. The molecule has 0 fully saturated rings. The lowest BCUT2D eigenvalue weighted by Gasteiger charge is -2.14. The quantitative estimate of drug-likeness (QED) is 0.199. The van der Waals surface area contributed by atoms with Crippen molar-refractivity contribution in [1.82, 2.24) is 14.5 Å². The summed E-state index contributed by atoms with van der Waals surface area (Å²) in [6, 6.07) is 62.7. The third-order valence-electron chi connectivity index (χ3n) is 10.1. The molecule has 0 spiro atoms. The second-order valence-corrected chi connectivity index (χ2v) is 13.1. The van der Waals surface area contributed by atoms with E-state index in [2.05, 4.69) is 126 Å². The number of aromatic nitrogens is 3. The molecule has 0 aliphatic heterocycles. The van der Waals surface area contributed by atoms with Gasteiger partial charge in [0.15, 0.2) is 5.82 Å². The molecule has 2 aromatic heterocycles. The van der Waals surface area contributed by atoms with Crippen molar-refractivity contribution in [2.45, 2.75) is 0 Å². The highest BCUT2D eigenvalue weighted by atomic mass is 16.3. The number of aromatic hydroxyl groups is 1. The fraction of sp³-hybridized carbons (Fsp3) is 0. The van der Waals surface area contributed by atoms with Gasteiger partial charge in [0, 0.05) is 38.5 Å². The Balaban J connectivity index is 1.17. The Morgan fingerprint density at radius 1 is 0.423 bits per heavy atom. The van der Waals surface area contributed by atoms with Crippen LogP contribution < -0.4 is 0 Å². The normalized spacial score (nSPS) is 11.5. The lowest BCUT2D eigenvalue weighted by atomic mass is 9.95. The Morgan fingerprint density at radius 3 is 1.96 bits per heavy atom. The molecule has 4 nitrogen and oxygen atoms in total. The lowest BCUT2D eigenvalue weighted by Crippen LogP contribution is -1.97. The first-order valence-corrected chi connectivity index (χ1v) is 17.5. The van der Waals surface area contributed by atoms with E-state index in [-0.39, 0.29) is 5.75 Å². The summed E-state index contributed by atoms with van der Waals surface area (Å²) in [5.74, 6) is 0.873. The average molecular weight is 666 g/mol. The smallest absolute Gasteiger partial charge is 0.160 e. The fourth-order valence-electron chi connectivity index (χ4n) is 7.71. The molecule has 1 N–H and O–H groups in total. The van der Waals surface area contributed by atoms with Gasteiger partial charge in [0.1, 0.15) is 5.75 Å². The molecule has 0 radical (unpaired) electrons. The van der Waals surface area contributed by atoms with Crippen LogP contribution in [-0.2, 0) is 0 Å². The number of phenols is 1. The standard InChI is InChI=1S/C48H31N3O/c52-44-24-10-9-21-38(44)39-22-12-23-41-46(39)47(32-14-3-1-4-15-32)50-48(49-41)35-17-11-16-33(29-35)34-26-27-42-40(30-34)45-37-20-8-7-13-31(37)25-28-43(45)51(42)36-18-5-2-6-19-36/h1-30,52H. The van der Waals surface area contributed by atoms with Crippen LogP contribution in [-0.4, -0.2) is 19.6 Å². The van der Waals surface area contributed by atoms with E-state index in [1.54, 1.807) is 6.07 Å². The summed E-state index contributed by atoms with van der Waals surface area (Å²) in [5, 5.41) is 16.7. The van der Waals surface area contributed by atoms with E-state index < -0.39 is 0 Å². The topological polar surface area (TPSA) is 50.9 Å². The minimum absolute atomic E-state index is 0.225. The minimum atomic E-state index is 0.225. The number of para-hydroxylation sites is 2. The Kier molecular flexibility index (Phi) is 6.93. The van der Waals surface area contributed by atoms with E-state index >= 15 is 0 Å². The maximum absolute atomic E-state index is 10.8. The maximum Gasteiger partial charge on any atom is 0.160 e. The van der Waals surface area contributed by atoms with Gasteiger partial charge in [0.05, 0.1) is 22.2 Å². The number of phenolic OH excluding ortho intramolecular Hbond substituents is 1. The van der Waals surface area contributed by atoms with Crippen molar-refractivity contribution in [1.29, 1.82) is 0 Å². The number of fused-ring (bicyclic) bond motifs is 6. The third kappa shape index (κ3) is 4.84. The van der Waals surface area contributed by atoms with Gasteiger partial charge in [0.2, 0.25) is 0 Å². The van der Waals surface area contributed by atoms with Crippen molar-refractivity contribution in [3.8, 4) is 56.3 Å². The number of hydrogen-bond donors (Lipinski definition) is 1. The second-order valence-electron chi connectivity index (χ2n) is 13.1. The molecule has 0 saturated carbocycles. The Labute approximate surface area is 300 Å². The van der Waals surface area contributed by atoms with Gasteiger partial charge >= 0.3 is 0 Å². The highest BCUT2D eigenvalue weighted by Crippen LogP contribution is 2.41. The summed E-state index contributed by atoms with van der Waals surface area (Å²) in [6.45, 7) is 0. The maximum atomic E-state index is 10.8. The van der Waals surface area contributed by atoms with Crippen LogP contribution in [0.4, 0.5) is 0 Å². The molecule has 0 saturated heterocycles. The molecule has 0 atom stereocenters. The van der Waals surface area contributed by atoms with E-state index in [1.165, 1.54) is 32.6 Å². The van der Waals surface area contributed by atoms with Gasteiger partial charge in [-0.1, -0.05) is 133 Å². The molecule has 0 unspecified atom stereocenters. The molecule has 10 rings (SSSR count). The summed E-state index contributed by atoms with van der Waals surface area (Å²) in [5.41, 5.74) is 10.9. The third-order valence-corrected chi connectivity index (χ3v) is 10.1. The zero-order valence-corrected chi connectivity index (χ0v) is 28.1. The van der Waals surface area contributed by atoms with E-state index in [9.17, 15) is 5.11 Å². The largest absolute Gasteiger partial charge is 0.507 e. The molecule has 0 aliphatic carbocycles. The predicted octanol–water partition coefficient (Wildman–Crippen LogP) is 12.3. The van der Waals surface area contributed by atoms with E-state index in [1.807, 2.05) is 54.6 Å². The van der Waals surface area contributed by atoms with Gasteiger partial charge in [-0.2, -0.15) is 0 Å². The van der Waals surface area contributed by atoms with Crippen LogP contribution in [0.15, 0.2) is 182 Å². The van der Waals surface area contributed by atoms with Crippen LogP contribution in [0.2, 0.25) is 0 Å². The number of rotatable bonds is 5. The average Bonchev–Trinajstić information content (AvgIpc) is 3.55. The molecule has 0 aliphatic rings. The lowest BCUT2D eigenvalue weighted by molar-refractivity contribution is 0.477. The van der Waals surface area contributed by atoms with Gasteiger partial charge in [0.25, 0.3) is 0 Å². The number of nitrogens with zero attached hydrogens (tertiary/aromatic N) is 3. The van der Waals surface area contributed by atoms with Crippen molar-refractivity contribution in [3.63, 3.8) is 0 Å². The van der Waals surface area contributed by atoms with Crippen LogP contribution >= 0.6 is 0 Å². The summed E-state index contributed by atoms with van der Waals surface area (Å²) < 4.78 is 2.37. The highest BCUT2D eigenvalue weighted by Gasteiger charge is 2.19. The molecule has 0 amide bonds. The number of hydrogen-bond acceptors (Lipinski definition) is 3. The molecule has 4 heteroatoms. The summed E-state index contributed by atoms with van der Waals surface area (Å²) in [7, 11) is 0.